The minimum Gasteiger partial charge on any atom is -0.483 e. The zero-order valence-corrected chi connectivity index (χ0v) is 21.0. The Bertz CT molecular complexity index is 1240. The van der Waals surface area contributed by atoms with Crippen molar-refractivity contribution in [2.75, 3.05) is 12.4 Å². The molecule has 2 aromatic rings. The van der Waals surface area contributed by atoms with Gasteiger partial charge < -0.3 is 15.6 Å². The Kier molecular flexibility index (Phi) is 7.18. The van der Waals surface area contributed by atoms with Crippen LogP contribution in [0, 0.1) is 13.8 Å². The molecule has 1 saturated heterocycles. The number of benzene rings is 2. The summed E-state index contributed by atoms with van der Waals surface area (Å²) in [6, 6.07) is 11.7. The summed E-state index contributed by atoms with van der Waals surface area (Å²) in [6.07, 6.45) is 0. The van der Waals surface area contributed by atoms with Crippen molar-refractivity contribution in [2.24, 2.45) is 5.73 Å². The van der Waals surface area contributed by atoms with Gasteiger partial charge in [-0.1, -0.05) is 48.5 Å². The summed E-state index contributed by atoms with van der Waals surface area (Å²) < 4.78 is 5.79. The highest BCUT2D eigenvalue weighted by Gasteiger charge is 2.58. The van der Waals surface area contributed by atoms with E-state index in [0.29, 0.717) is 22.6 Å². The number of rotatable bonds is 7. The highest BCUT2D eigenvalue weighted by atomic mass is 32.2. The maximum atomic E-state index is 13.6. The van der Waals surface area contributed by atoms with Gasteiger partial charge in [0.25, 0.3) is 17.7 Å². The van der Waals surface area contributed by atoms with Crippen molar-refractivity contribution in [1.82, 2.24) is 9.80 Å². The summed E-state index contributed by atoms with van der Waals surface area (Å²) in [6.45, 7) is 4.84. The number of ether oxygens (including phenoxy) is 1. The Labute approximate surface area is 212 Å². The number of amides is 3. The number of aryl methyl sites for hydroxylation is 2. The lowest BCUT2D eigenvalue weighted by Gasteiger charge is -2.52. The molecule has 1 unspecified atom stereocenters. The molecule has 0 aromatic heterocycles. The molecule has 0 saturated carbocycles. The van der Waals surface area contributed by atoms with Gasteiger partial charge in [-0.15, -0.1) is 11.8 Å². The molecular formula is C26H27N3O6S. The van der Waals surface area contributed by atoms with E-state index in [2.05, 4.69) is 0 Å². The lowest BCUT2D eigenvalue weighted by Crippen LogP contribution is -2.73. The molecule has 9 nitrogen and oxygen atoms in total. The number of hydrogen-bond acceptors (Lipinski definition) is 7. The largest absolute Gasteiger partial charge is 0.483 e. The average molecular weight is 510 g/mol. The van der Waals surface area contributed by atoms with Crippen LogP contribution in [0.1, 0.15) is 29.7 Å². The molecule has 0 spiro atoms. The summed E-state index contributed by atoms with van der Waals surface area (Å²) in [5, 5.41) is 8.92. The van der Waals surface area contributed by atoms with Gasteiger partial charge in [0, 0.05) is 5.75 Å². The molecule has 3 amide bonds. The Balaban J connectivity index is 1.65. The van der Waals surface area contributed by atoms with E-state index in [4.69, 9.17) is 10.5 Å². The highest BCUT2D eigenvalue weighted by Crippen LogP contribution is 2.43. The number of aliphatic carboxylic acids is 1. The average Bonchev–Trinajstić information content (AvgIpc) is 2.86. The SMILES string of the molecule is CC1=C(C(=O)O)N2C(=O)C(N(C(=O)COc3c(C)cccc3C)C(=O)[C@H](N)c3ccccc3)[C@H]2SC1. The third kappa shape index (κ3) is 4.49. The van der Waals surface area contributed by atoms with Crippen molar-refractivity contribution >= 4 is 35.5 Å². The fourth-order valence-corrected chi connectivity index (χ4v) is 5.79. The predicted octanol–water partition coefficient (Wildman–Crippen LogP) is 2.38. The minimum absolute atomic E-state index is 0.112. The number of carboxylic acid groups (broad SMARTS) is 1. The molecule has 0 radical (unpaired) electrons. The number of thioether (sulfide) groups is 1. The van der Waals surface area contributed by atoms with Crippen molar-refractivity contribution in [3.05, 3.63) is 76.5 Å². The molecule has 10 heteroatoms. The number of hydrogen-bond donors (Lipinski definition) is 2. The molecule has 0 aliphatic carbocycles. The summed E-state index contributed by atoms with van der Waals surface area (Å²) in [5.74, 6) is -2.47. The number of carboxylic acids is 1. The molecule has 2 aliphatic heterocycles. The zero-order valence-electron chi connectivity index (χ0n) is 20.1. The van der Waals surface area contributed by atoms with E-state index in [1.165, 1.54) is 11.8 Å². The second-order valence-corrected chi connectivity index (χ2v) is 9.89. The van der Waals surface area contributed by atoms with Gasteiger partial charge in [0.1, 0.15) is 28.9 Å². The third-order valence-electron chi connectivity index (χ3n) is 6.29. The molecule has 2 heterocycles. The third-order valence-corrected chi connectivity index (χ3v) is 7.70. The van der Waals surface area contributed by atoms with Crippen molar-refractivity contribution in [3.63, 3.8) is 0 Å². The van der Waals surface area contributed by atoms with Gasteiger partial charge in [-0.3, -0.25) is 24.2 Å². The van der Waals surface area contributed by atoms with E-state index < -0.39 is 47.8 Å². The normalized spacial score (nSPS) is 19.8. The van der Waals surface area contributed by atoms with Gasteiger partial charge in [0.2, 0.25) is 0 Å². The molecule has 4 rings (SSSR count). The first-order valence-electron chi connectivity index (χ1n) is 11.4. The minimum atomic E-state index is -1.23. The van der Waals surface area contributed by atoms with Crippen LogP contribution in [-0.2, 0) is 19.2 Å². The fraction of sp³-hybridized carbons (Fsp3) is 0.308. The standard InChI is InChI=1S/C26H27N3O6S/c1-14-8-7-9-15(2)22(14)35-12-18(30)28(23(31)19(27)17-10-5-4-6-11-17)21-24(32)29-20(26(33)34)16(3)13-36-25(21)29/h4-11,19,21,25H,12-13,27H2,1-3H3,(H,33,34)/t19-,21?,25-/m1/s1. The number of carbonyl (C=O) groups excluding carboxylic acids is 3. The van der Waals surface area contributed by atoms with E-state index >= 15 is 0 Å². The molecule has 0 bridgehead atoms. The van der Waals surface area contributed by atoms with E-state index in [1.807, 2.05) is 32.0 Å². The monoisotopic (exact) mass is 509 g/mol. The second kappa shape index (κ2) is 10.2. The van der Waals surface area contributed by atoms with Crippen molar-refractivity contribution in [1.29, 1.82) is 0 Å². The highest BCUT2D eigenvalue weighted by molar-refractivity contribution is 8.00. The Morgan fingerprint density at radius 1 is 1.11 bits per heavy atom. The number of para-hydroxylation sites is 1. The first-order chi connectivity index (χ1) is 17.1. The van der Waals surface area contributed by atoms with Gasteiger partial charge in [-0.05, 0) is 43.0 Å². The number of carbonyl (C=O) groups is 4. The van der Waals surface area contributed by atoms with Crippen LogP contribution in [0.3, 0.4) is 0 Å². The van der Waals surface area contributed by atoms with Crippen molar-refractivity contribution in [2.45, 2.75) is 38.2 Å². The van der Waals surface area contributed by atoms with E-state index in [0.717, 1.165) is 20.9 Å². The second-order valence-electron chi connectivity index (χ2n) is 8.79. The van der Waals surface area contributed by atoms with Crippen LogP contribution in [0.5, 0.6) is 5.75 Å². The van der Waals surface area contributed by atoms with Gasteiger partial charge in [0.15, 0.2) is 6.61 Å². The van der Waals surface area contributed by atoms with Crippen LogP contribution >= 0.6 is 11.8 Å². The number of imide groups is 1. The van der Waals surface area contributed by atoms with Crippen LogP contribution < -0.4 is 10.5 Å². The smallest absolute Gasteiger partial charge is 0.352 e. The van der Waals surface area contributed by atoms with Crippen LogP contribution in [0.25, 0.3) is 0 Å². The van der Waals surface area contributed by atoms with Crippen molar-refractivity contribution < 1.29 is 29.0 Å². The van der Waals surface area contributed by atoms with Gasteiger partial charge in [0.05, 0.1) is 0 Å². The molecule has 36 heavy (non-hydrogen) atoms. The number of fused-ring (bicyclic) bond motifs is 1. The maximum absolute atomic E-state index is 13.6. The Morgan fingerprint density at radius 3 is 2.36 bits per heavy atom. The molecule has 2 aromatic carbocycles. The molecule has 1 fully saturated rings. The van der Waals surface area contributed by atoms with E-state index in [-0.39, 0.29) is 5.70 Å². The number of nitrogens with two attached hydrogens (primary N) is 1. The van der Waals surface area contributed by atoms with Gasteiger partial charge in [-0.2, -0.15) is 0 Å². The first-order valence-corrected chi connectivity index (χ1v) is 12.4. The lowest BCUT2D eigenvalue weighted by atomic mass is 9.99. The van der Waals surface area contributed by atoms with Crippen LogP contribution in [0.4, 0.5) is 0 Å². The number of nitrogens with zero attached hydrogens (tertiary/aromatic N) is 2. The maximum Gasteiger partial charge on any atom is 0.352 e. The Morgan fingerprint density at radius 2 is 1.75 bits per heavy atom. The summed E-state index contributed by atoms with van der Waals surface area (Å²) in [5.41, 5.74) is 8.80. The van der Waals surface area contributed by atoms with Crippen LogP contribution in [0.15, 0.2) is 59.8 Å². The summed E-state index contributed by atoms with van der Waals surface area (Å²) in [4.78, 5) is 54.1. The number of β-lactam (4-membered cyclic amide) rings is 1. The summed E-state index contributed by atoms with van der Waals surface area (Å²) in [7, 11) is 0. The van der Waals surface area contributed by atoms with E-state index in [1.54, 1.807) is 37.3 Å². The molecule has 3 N–H and O–H groups in total. The van der Waals surface area contributed by atoms with Crippen molar-refractivity contribution in [3.8, 4) is 5.75 Å². The first kappa shape index (κ1) is 25.5. The quantitative estimate of drug-likeness (QED) is 0.544. The van der Waals surface area contributed by atoms with Gasteiger partial charge in [-0.25, -0.2) is 4.79 Å². The lowest BCUT2D eigenvalue weighted by molar-refractivity contribution is -0.167. The van der Waals surface area contributed by atoms with E-state index in [9.17, 15) is 24.3 Å². The fourth-order valence-electron chi connectivity index (χ4n) is 4.46. The van der Waals surface area contributed by atoms with Gasteiger partial charge >= 0.3 is 5.97 Å². The molecule has 2 aliphatic rings. The summed E-state index contributed by atoms with van der Waals surface area (Å²) >= 11 is 1.30. The Hall–Kier alpha value is -3.63. The molecular weight excluding hydrogens is 482 g/mol. The van der Waals surface area contributed by atoms with Crippen LogP contribution in [0.2, 0.25) is 0 Å². The topological polar surface area (TPSA) is 130 Å². The zero-order chi connectivity index (χ0) is 26.1. The molecule has 188 valence electrons. The molecule has 3 atom stereocenters. The van der Waals surface area contributed by atoms with Crippen LogP contribution in [-0.4, -0.2) is 62.4 Å². The predicted molar refractivity (Wildman–Crippen MR) is 134 cm³/mol.